The average Bonchev–Trinajstić information content (AvgIpc) is 3.60. The van der Waals surface area contributed by atoms with Gasteiger partial charge in [-0.05, 0) is 55.4 Å². The van der Waals surface area contributed by atoms with Crippen molar-refractivity contribution < 1.29 is 81.0 Å². The van der Waals surface area contributed by atoms with Crippen LogP contribution in [0.1, 0.15) is 76.2 Å². The second-order valence-electron chi connectivity index (χ2n) is 14.0. The Morgan fingerprint density at radius 1 is 0.754 bits per heavy atom. The van der Waals surface area contributed by atoms with Gasteiger partial charge in [0, 0.05) is 39.4 Å². The normalized spacial score (nSPS) is 17.1. The molecule has 2 rings (SSSR count). The first-order valence-electron chi connectivity index (χ1n) is 17.9. The molecule has 1 fully saturated rings. The Hall–Kier alpha value is -4.96. The van der Waals surface area contributed by atoms with Crippen molar-refractivity contribution in [3.8, 4) is 5.88 Å². The standard InChI is InChI=1S/C35H52N4O17S/c1-19(52-30(44)20(2)50-24(6)41)29(43)39(34(8,9)10)16-26(17-49-28-27(36-57-37-28)38-12-14-48-15-13-38)54-32(46)23(5)55-35(11,18-40)56-33(47)22(4)53-31(45)21(3)51-25(7)42/h18-23,26H,12-17H2,1-11H3/t19-,20-,21-,22-,23-,26+,35+/m1/s1. The van der Waals surface area contributed by atoms with Crippen LogP contribution in [0.15, 0.2) is 0 Å². The minimum Gasteiger partial charge on any atom is -0.470 e. The molecule has 0 saturated carbocycles. The van der Waals surface area contributed by atoms with E-state index in [-0.39, 0.29) is 25.3 Å². The van der Waals surface area contributed by atoms with Crippen molar-refractivity contribution in [2.24, 2.45) is 0 Å². The van der Waals surface area contributed by atoms with E-state index in [0.29, 0.717) is 32.1 Å². The summed E-state index contributed by atoms with van der Waals surface area (Å²) in [5.41, 5.74) is -0.965. The first-order chi connectivity index (χ1) is 26.5. The fraction of sp³-hybridized carbons (Fsp3) is 0.714. The molecule has 1 saturated heterocycles. The van der Waals surface area contributed by atoms with E-state index in [0.717, 1.165) is 39.4 Å². The van der Waals surface area contributed by atoms with Crippen molar-refractivity contribution in [1.29, 1.82) is 0 Å². The van der Waals surface area contributed by atoms with E-state index < -0.39 is 89.7 Å². The van der Waals surface area contributed by atoms with Crippen LogP contribution in [0.2, 0.25) is 0 Å². The molecule has 0 aromatic carbocycles. The van der Waals surface area contributed by atoms with Gasteiger partial charge in [-0.2, -0.15) is 4.37 Å². The number of anilines is 1. The highest BCUT2D eigenvalue weighted by atomic mass is 32.1. The van der Waals surface area contributed by atoms with E-state index >= 15 is 0 Å². The van der Waals surface area contributed by atoms with Crippen molar-refractivity contribution in [2.75, 3.05) is 44.4 Å². The molecule has 57 heavy (non-hydrogen) atoms. The third kappa shape index (κ3) is 15.5. The van der Waals surface area contributed by atoms with Gasteiger partial charge in [-0.15, -0.1) is 4.37 Å². The smallest absolute Gasteiger partial charge is 0.350 e. The number of hydrogen-bond donors (Lipinski definition) is 0. The Kier molecular flexibility index (Phi) is 18.2. The van der Waals surface area contributed by atoms with Gasteiger partial charge in [-0.1, -0.05) is 0 Å². The van der Waals surface area contributed by atoms with Crippen LogP contribution in [0.3, 0.4) is 0 Å². The SMILES string of the molecule is CC(=O)O[C@H](C)C(=O)O[C@H](C)C(=O)O[C@@](C)(C=O)O[C@H](C)C(=O)O[C@H](COc1nsnc1N1CCOCC1)CN(C(=O)[C@@H](C)OC(=O)[C@@H](C)OC(C)=O)C(C)(C)C. The Bertz CT molecular complexity index is 1590. The molecule has 1 aliphatic heterocycles. The number of rotatable bonds is 20. The van der Waals surface area contributed by atoms with E-state index in [4.69, 9.17) is 42.6 Å². The molecule has 0 unspecified atom stereocenters. The Labute approximate surface area is 334 Å². The van der Waals surface area contributed by atoms with Crippen molar-refractivity contribution in [1.82, 2.24) is 13.6 Å². The third-order valence-corrected chi connectivity index (χ3v) is 8.28. The molecule has 1 aliphatic rings. The number of morpholine rings is 1. The average molecular weight is 833 g/mol. The Balaban J connectivity index is 2.30. The molecule has 21 nitrogen and oxygen atoms in total. The highest BCUT2D eigenvalue weighted by Gasteiger charge is 2.40. The van der Waals surface area contributed by atoms with Crippen LogP contribution in [0.4, 0.5) is 5.82 Å². The van der Waals surface area contributed by atoms with Crippen molar-refractivity contribution in [3.05, 3.63) is 0 Å². The lowest BCUT2D eigenvalue weighted by molar-refractivity contribution is -0.236. The minimum absolute atomic E-state index is 0.0959. The molecule has 2 heterocycles. The summed E-state index contributed by atoms with van der Waals surface area (Å²) in [6.07, 6.45) is -8.35. The minimum atomic E-state index is -2.39. The molecular weight excluding hydrogens is 780 g/mol. The van der Waals surface area contributed by atoms with Crippen LogP contribution in [-0.2, 0) is 76.3 Å². The number of aldehydes is 1. The maximum absolute atomic E-state index is 13.8. The van der Waals surface area contributed by atoms with Crippen LogP contribution >= 0.6 is 11.7 Å². The number of esters is 6. The predicted octanol–water partition coefficient (Wildman–Crippen LogP) is 0.922. The molecule has 1 aromatic rings. The van der Waals surface area contributed by atoms with Gasteiger partial charge in [-0.25, -0.2) is 19.2 Å². The van der Waals surface area contributed by atoms with Crippen LogP contribution in [0.5, 0.6) is 5.88 Å². The molecule has 1 aromatic heterocycles. The molecule has 0 bridgehead atoms. The predicted molar refractivity (Wildman–Crippen MR) is 194 cm³/mol. The summed E-state index contributed by atoms with van der Waals surface area (Å²) in [7, 11) is 0. The van der Waals surface area contributed by atoms with Gasteiger partial charge in [0.15, 0.2) is 42.9 Å². The van der Waals surface area contributed by atoms with Gasteiger partial charge in [-0.3, -0.25) is 19.2 Å². The van der Waals surface area contributed by atoms with E-state index in [1.165, 1.54) is 32.6 Å². The van der Waals surface area contributed by atoms with E-state index in [9.17, 15) is 38.4 Å². The maximum atomic E-state index is 13.8. The lowest BCUT2D eigenvalue weighted by atomic mass is 10.0. The van der Waals surface area contributed by atoms with E-state index in [1.54, 1.807) is 20.8 Å². The van der Waals surface area contributed by atoms with Gasteiger partial charge < -0.3 is 52.4 Å². The van der Waals surface area contributed by atoms with Gasteiger partial charge in [0.2, 0.25) is 5.82 Å². The number of amides is 1. The molecule has 0 N–H and O–H groups in total. The highest BCUT2D eigenvalue weighted by Crippen LogP contribution is 2.27. The van der Waals surface area contributed by atoms with Crippen molar-refractivity contribution in [3.63, 3.8) is 0 Å². The molecular formula is C35H52N4O17S. The highest BCUT2D eigenvalue weighted by molar-refractivity contribution is 6.99. The lowest BCUT2D eigenvalue weighted by Crippen LogP contribution is -2.55. The molecule has 0 aliphatic carbocycles. The monoisotopic (exact) mass is 832 g/mol. The third-order valence-electron chi connectivity index (χ3n) is 7.78. The number of carbonyl (C=O) groups is 8. The molecule has 7 atom stereocenters. The summed E-state index contributed by atoms with van der Waals surface area (Å²) in [4.78, 5) is 103. The van der Waals surface area contributed by atoms with Crippen LogP contribution in [-0.4, -0.2) is 149 Å². The first-order valence-corrected chi connectivity index (χ1v) is 18.6. The zero-order valence-electron chi connectivity index (χ0n) is 33.9. The number of hydrogen-bond acceptors (Lipinski definition) is 21. The second-order valence-corrected chi connectivity index (χ2v) is 14.5. The Morgan fingerprint density at radius 3 is 1.77 bits per heavy atom. The zero-order valence-corrected chi connectivity index (χ0v) is 34.7. The fourth-order valence-electron chi connectivity index (χ4n) is 4.90. The molecule has 0 radical (unpaired) electrons. The molecule has 1 amide bonds. The summed E-state index contributed by atoms with van der Waals surface area (Å²) in [6, 6.07) is 0. The topological polar surface area (TPSA) is 252 Å². The quantitative estimate of drug-likeness (QED) is 0.0766. The van der Waals surface area contributed by atoms with Gasteiger partial charge >= 0.3 is 35.8 Å². The van der Waals surface area contributed by atoms with Crippen molar-refractivity contribution in [2.45, 2.75) is 124 Å². The van der Waals surface area contributed by atoms with Gasteiger partial charge in [0.25, 0.3) is 17.6 Å². The summed E-state index contributed by atoms with van der Waals surface area (Å²) in [6.45, 7) is 15.7. The number of aromatic nitrogens is 2. The fourth-order valence-corrected chi connectivity index (χ4v) is 5.42. The van der Waals surface area contributed by atoms with Crippen LogP contribution in [0.25, 0.3) is 0 Å². The second kappa shape index (κ2) is 21.5. The largest absolute Gasteiger partial charge is 0.470 e. The zero-order chi connectivity index (χ0) is 43.2. The number of ether oxygens (including phenoxy) is 9. The maximum Gasteiger partial charge on any atom is 0.350 e. The lowest BCUT2D eigenvalue weighted by Gasteiger charge is -2.39. The molecule has 0 spiro atoms. The molecule has 22 heteroatoms. The first kappa shape index (κ1) is 48.2. The van der Waals surface area contributed by atoms with Crippen LogP contribution < -0.4 is 9.64 Å². The van der Waals surface area contributed by atoms with E-state index in [2.05, 4.69) is 8.75 Å². The molecule has 320 valence electrons. The number of carbonyl (C=O) groups excluding carboxylic acids is 8. The Morgan fingerprint density at radius 2 is 1.26 bits per heavy atom. The van der Waals surface area contributed by atoms with Gasteiger partial charge in [0.05, 0.1) is 31.5 Å². The van der Waals surface area contributed by atoms with Gasteiger partial charge in [0.1, 0.15) is 6.61 Å². The summed E-state index contributed by atoms with van der Waals surface area (Å²) < 4.78 is 56.2. The van der Waals surface area contributed by atoms with Crippen LogP contribution in [0, 0.1) is 0 Å². The van der Waals surface area contributed by atoms with E-state index in [1.807, 2.05) is 4.90 Å². The summed E-state index contributed by atoms with van der Waals surface area (Å²) >= 11 is 0.890. The summed E-state index contributed by atoms with van der Waals surface area (Å²) in [5, 5.41) is 0. The summed E-state index contributed by atoms with van der Waals surface area (Å²) in [5.74, 6) is -8.36. The number of nitrogens with zero attached hydrogens (tertiary/aromatic N) is 4. The van der Waals surface area contributed by atoms with Crippen molar-refractivity contribution >= 4 is 65.6 Å².